The van der Waals surface area contributed by atoms with Crippen molar-refractivity contribution in [2.24, 2.45) is 5.92 Å². The molecule has 0 bridgehead atoms. The van der Waals surface area contributed by atoms with Gasteiger partial charge < -0.3 is 20.5 Å². The molecule has 25 heavy (non-hydrogen) atoms. The van der Waals surface area contributed by atoms with E-state index in [9.17, 15) is 9.59 Å². The first-order valence-electron chi connectivity index (χ1n) is 8.21. The van der Waals surface area contributed by atoms with Crippen molar-refractivity contribution in [3.63, 3.8) is 0 Å². The van der Waals surface area contributed by atoms with Gasteiger partial charge in [-0.05, 0) is 43.5 Å². The Morgan fingerprint density at radius 1 is 1.20 bits per heavy atom. The molecule has 7 heteroatoms. The van der Waals surface area contributed by atoms with Gasteiger partial charge >= 0.3 is 0 Å². The van der Waals surface area contributed by atoms with Gasteiger partial charge in [0.25, 0.3) is 5.91 Å². The summed E-state index contributed by atoms with van der Waals surface area (Å²) in [5, 5.41) is 12.3. The molecule has 0 atom stereocenters. The molecule has 0 aliphatic carbocycles. The van der Waals surface area contributed by atoms with E-state index in [1.54, 1.807) is 31.2 Å². The first-order valence-corrected chi connectivity index (χ1v) is 8.21. The summed E-state index contributed by atoms with van der Waals surface area (Å²) in [4.78, 5) is 24.0. The molecule has 0 spiro atoms. The molecule has 0 saturated carbocycles. The second-order valence-electron chi connectivity index (χ2n) is 6.36. The normalized spacial score (nSPS) is 10.6. The number of nitrogens with zero attached hydrogens (tertiary/aromatic N) is 1. The largest absolute Gasteiger partial charge is 0.376 e. The van der Waals surface area contributed by atoms with Crippen LogP contribution in [-0.2, 0) is 4.79 Å². The lowest BCUT2D eigenvalue weighted by Gasteiger charge is -2.12. The predicted octanol–water partition coefficient (Wildman–Crippen LogP) is 2.73. The van der Waals surface area contributed by atoms with Crippen molar-refractivity contribution in [1.29, 1.82) is 0 Å². The predicted molar refractivity (Wildman–Crippen MR) is 96.7 cm³/mol. The summed E-state index contributed by atoms with van der Waals surface area (Å²) in [6, 6.07) is 6.99. The first kappa shape index (κ1) is 18.5. The number of carbonyl (C=O) groups is 2. The highest BCUT2D eigenvalue weighted by Crippen LogP contribution is 2.16. The zero-order valence-corrected chi connectivity index (χ0v) is 15.0. The molecule has 0 radical (unpaired) electrons. The lowest BCUT2D eigenvalue weighted by Crippen LogP contribution is -2.27. The molecular weight excluding hydrogens is 320 g/mol. The van der Waals surface area contributed by atoms with E-state index < -0.39 is 0 Å². The summed E-state index contributed by atoms with van der Waals surface area (Å²) in [7, 11) is 0. The maximum atomic E-state index is 12.1. The number of carbonyl (C=O) groups excluding carboxylic acids is 2. The highest BCUT2D eigenvalue weighted by atomic mass is 16.5. The first-order chi connectivity index (χ1) is 11.8. The molecular formula is C18H24N4O3. The maximum absolute atomic E-state index is 12.1. The molecule has 0 fully saturated rings. The fourth-order valence-corrected chi connectivity index (χ4v) is 2.19. The number of aryl methyl sites for hydroxylation is 2. The Labute approximate surface area is 147 Å². The molecule has 0 unspecified atom stereocenters. The van der Waals surface area contributed by atoms with Gasteiger partial charge in [0, 0.05) is 23.9 Å². The smallest absolute Gasteiger partial charge is 0.251 e. The number of amides is 2. The van der Waals surface area contributed by atoms with Crippen LogP contribution in [0.15, 0.2) is 28.8 Å². The zero-order chi connectivity index (χ0) is 18.4. The second kappa shape index (κ2) is 8.32. The molecule has 2 amide bonds. The Morgan fingerprint density at radius 2 is 1.96 bits per heavy atom. The van der Waals surface area contributed by atoms with E-state index in [-0.39, 0.29) is 18.4 Å². The number of nitrogens with one attached hydrogen (secondary N) is 3. The molecule has 0 aliphatic rings. The summed E-state index contributed by atoms with van der Waals surface area (Å²) < 4.78 is 4.89. The number of hydrogen-bond donors (Lipinski definition) is 3. The SMILES string of the molecule is Cc1cc(NC(=O)CNc2ccc(C(=O)NCC(C)C)cc2C)no1. The van der Waals surface area contributed by atoms with Crippen LogP contribution in [-0.4, -0.2) is 30.1 Å². The molecule has 3 N–H and O–H groups in total. The summed E-state index contributed by atoms with van der Waals surface area (Å²) in [5.41, 5.74) is 2.29. The van der Waals surface area contributed by atoms with Crippen molar-refractivity contribution in [2.75, 3.05) is 23.7 Å². The van der Waals surface area contributed by atoms with E-state index in [4.69, 9.17) is 4.52 Å². The molecule has 2 aromatic rings. The van der Waals surface area contributed by atoms with Gasteiger partial charge in [-0.1, -0.05) is 19.0 Å². The molecule has 1 heterocycles. The van der Waals surface area contributed by atoms with Gasteiger partial charge in [-0.3, -0.25) is 9.59 Å². The Bertz CT molecular complexity index is 753. The van der Waals surface area contributed by atoms with E-state index in [2.05, 4.69) is 21.1 Å². The van der Waals surface area contributed by atoms with E-state index >= 15 is 0 Å². The van der Waals surface area contributed by atoms with Gasteiger partial charge in [0.2, 0.25) is 5.91 Å². The van der Waals surface area contributed by atoms with E-state index in [0.717, 1.165) is 11.3 Å². The van der Waals surface area contributed by atoms with E-state index in [0.29, 0.717) is 29.6 Å². The van der Waals surface area contributed by atoms with Gasteiger partial charge in [0.05, 0.1) is 6.54 Å². The fourth-order valence-electron chi connectivity index (χ4n) is 2.19. The number of rotatable bonds is 7. The van der Waals surface area contributed by atoms with Crippen molar-refractivity contribution in [2.45, 2.75) is 27.7 Å². The Hall–Kier alpha value is -2.83. The summed E-state index contributed by atoms with van der Waals surface area (Å²) in [6.45, 7) is 8.46. The van der Waals surface area contributed by atoms with Gasteiger partial charge in [0.1, 0.15) is 5.76 Å². The van der Waals surface area contributed by atoms with Crippen molar-refractivity contribution in [3.05, 3.63) is 41.2 Å². The van der Waals surface area contributed by atoms with Crippen LogP contribution < -0.4 is 16.0 Å². The van der Waals surface area contributed by atoms with Gasteiger partial charge in [-0.15, -0.1) is 0 Å². The van der Waals surface area contributed by atoms with E-state index in [1.807, 2.05) is 20.8 Å². The maximum Gasteiger partial charge on any atom is 0.251 e. The van der Waals surface area contributed by atoms with Crippen LogP contribution in [0.5, 0.6) is 0 Å². The Kier molecular flexibility index (Phi) is 6.16. The summed E-state index contributed by atoms with van der Waals surface area (Å²) in [6.07, 6.45) is 0. The van der Waals surface area contributed by atoms with Crippen LogP contribution in [0.25, 0.3) is 0 Å². The summed E-state index contributed by atoms with van der Waals surface area (Å²) in [5.74, 6) is 1.09. The number of benzene rings is 1. The minimum absolute atomic E-state index is 0.0889. The molecule has 0 aliphatic heterocycles. The molecule has 2 rings (SSSR count). The highest BCUT2D eigenvalue weighted by molar-refractivity contribution is 5.95. The van der Waals surface area contributed by atoms with Crippen LogP contribution in [0, 0.1) is 19.8 Å². The third kappa shape index (κ3) is 5.63. The number of hydrogen-bond acceptors (Lipinski definition) is 5. The van der Waals surface area contributed by atoms with Crippen LogP contribution in [0.2, 0.25) is 0 Å². The monoisotopic (exact) mass is 344 g/mol. The molecule has 1 aromatic carbocycles. The van der Waals surface area contributed by atoms with Crippen LogP contribution in [0.3, 0.4) is 0 Å². The lowest BCUT2D eigenvalue weighted by atomic mass is 10.1. The fraction of sp³-hybridized carbons (Fsp3) is 0.389. The van der Waals surface area contributed by atoms with E-state index in [1.165, 1.54) is 0 Å². The molecule has 7 nitrogen and oxygen atoms in total. The zero-order valence-electron chi connectivity index (χ0n) is 15.0. The van der Waals surface area contributed by atoms with Gasteiger partial charge in [0.15, 0.2) is 5.82 Å². The van der Waals surface area contributed by atoms with Crippen LogP contribution >= 0.6 is 0 Å². The third-order valence-corrected chi connectivity index (χ3v) is 3.49. The molecule has 1 aromatic heterocycles. The lowest BCUT2D eigenvalue weighted by molar-refractivity contribution is -0.114. The quantitative estimate of drug-likeness (QED) is 0.718. The second-order valence-corrected chi connectivity index (χ2v) is 6.36. The average molecular weight is 344 g/mol. The third-order valence-electron chi connectivity index (χ3n) is 3.49. The number of anilines is 2. The van der Waals surface area contributed by atoms with Gasteiger partial charge in [-0.25, -0.2) is 0 Å². The van der Waals surface area contributed by atoms with Crippen LogP contribution in [0.4, 0.5) is 11.5 Å². The minimum Gasteiger partial charge on any atom is -0.376 e. The average Bonchev–Trinajstić information content (AvgIpc) is 2.96. The number of aromatic nitrogens is 1. The summed E-state index contributed by atoms with van der Waals surface area (Å²) >= 11 is 0. The minimum atomic E-state index is -0.230. The van der Waals surface area contributed by atoms with Crippen molar-refractivity contribution < 1.29 is 14.1 Å². The Balaban J connectivity index is 1.90. The van der Waals surface area contributed by atoms with Crippen molar-refractivity contribution >= 4 is 23.3 Å². The van der Waals surface area contributed by atoms with Gasteiger partial charge in [-0.2, -0.15) is 0 Å². The molecule has 0 saturated heterocycles. The highest BCUT2D eigenvalue weighted by Gasteiger charge is 2.10. The standard InChI is InChI=1S/C18H24N4O3/c1-11(2)9-20-18(24)14-5-6-15(12(3)7-14)19-10-17(23)21-16-8-13(4)25-22-16/h5-8,11,19H,9-10H2,1-4H3,(H,20,24)(H,21,22,23). The van der Waals surface area contributed by atoms with Crippen molar-refractivity contribution in [3.8, 4) is 0 Å². The molecule has 134 valence electrons. The topological polar surface area (TPSA) is 96.3 Å². The Morgan fingerprint density at radius 3 is 2.56 bits per heavy atom. The van der Waals surface area contributed by atoms with Crippen LogP contribution in [0.1, 0.15) is 35.5 Å². The van der Waals surface area contributed by atoms with Crippen molar-refractivity contribution in [1.82, 2.24) is 10.5 Å².